The van der Waals surface area contributed by atoms with Gasteiger partial charge in [0.25, 0.3) is 5.91 Å². The number of carbonyl (C=O) groups is 2. The first-order valence-electron chi connectivity index (χ1n) is 9.22. The SMILES string of the molecule is C[C@H]1CCc2[nH]nc(C(=O)N3CCN(c4cccc(C#N)c4)C(=O)C3)c2C1. The van der Waals surface area contributed by atoms with Crippen molar-refractivity contribution in [2.24, 2.45) is 5.92 Å². The lowest BCUT2D eigenvalue weighted by Gasteiger charge is -2.34. The molecule has 1 saturated heterocycles. The molecular formula is C20H21N5O2. The molecule has 0 bridgehead atoms. The van der Waals surface area contributed by atoms with E-state index in [4.69, 9.17) is 5.26 Å². The van der Waals surface area contributed by atoms with Crippen LogP contribution in [0.15, 0.2) is 24.3 Å². The van der Waals surface area contributed by atoms with E-state index in [1.54, 1.807) is 28.0 Å². The fraction of sp³-hybridized carbons (Fsp3) is 0.400. The van der Waals surface area contributed by atoms with Crippen molar-refractivity contribution < 1.29 is 9.59 Å². The molecule has 2 amide bonds. The number of hydrogen-bond donors (Lipinski definition) is 1. The molecule has 0 spiro atoms. The van der Waals surface area contributed by atoms with Crippen molar-refractivity contribution in [1.29, 1.82) is 5.26 Å². The molecule has 2 aromatic rings. The van der Waals surface area contributed by atoms with E-state index in [1.807, 2.05) is 6.07 Å². The van der Waals surface area contributed by atoms with Crippen LogP contribution in [0.1, 0.15) is 40.7 Å². The minimum Gasteiger partial charge on any atom is -0.326 e. The van der Waals surface area contributed by atoms with E-state index in [-0.39, 0.29) is 18.4 Å². The molecule has 0 unspecified atom stereocenters. The molecule has 0 radical (unpaired) electrons. The van der Waals surface area contributed by atoms with Crippen molar-refractivity contribution >= 4 is 17.5 Å². The summed E-state index contributed by atoms with van der Waals surface area (Å²) in [5.74, 6) is 0.204. The molecule has 2 aliphatic rings. The molecule has 7 heteroatoms. The van der Waals surface area contributed by atoms with Gasteiger partial charge in [-0.1, -0.05) is 13.0 Å². The van der Waals surface area contributed by atoms with E-state index >= 15 is 0 Å². The summed E-state index contributed by atoms with van der Waals surface area (Å²) < 4.78 is 0. The predicted molar refractivity (Wildman–Crippen MR) is 99.2 cm³/mol. The summed E-state index contributed by atoms with van der Waals surface area (Å²) in [5, 5.41) is 16.3. The minimum absolute atomic E-state index is 0.0206. The first-order valence-corrected chi connectivity index (χ1v) is 9.22. The Morgan fingerprint density at radius 1 is 1.37 bits per heavy atom. The highest BCUT2D eigenvalue weighted by atomic mass is 16.2. The van der Waals surface area contributed by atoms with E-state index in [0.29, 0.717) is 36.0 Å². The molecule has 1 fully saturated rings. The lowest BCUT2D eigenvalue weighted by Crippen LogP contribution is -2.52. The second kappa shape index (κ2) is 6.88. The third-order valence-electron chi connectivity index (χ3n) is 5.39. The number of H-pyrrole nitrogens is 1. The van der Waals surface area contributed by atoms with Crippen LogP contribution in [-0.4, -0.2) is 46.5 Å². The second-order valence-corrected chi connectivity index (χ2v) is 7.31. The van der Waals surface area contributed by atoms with Crippen LogP contribution in [-0.2, 0) is 17.6 Å². The third-order valence-corrected chi connectivity index (χ3v) is 5.39. The lowest BCUT2D eigenvalue weighted by molar-refractivity contribution is -0.120. The van der Waals surface area contributed by atoms with Crippen LogP contribution >= 0.6 is 0 Å². The number of aryl methyl sites for hydroxylation is 1. The number of amides is 2. The van der Waals surface area contributed by atoms with Gasteiger partial charge in [0.2, 0.25) is 5.91 Å². The quantitative estimate of drug-likeness (QED) is 0.882. The number of nitriles is 1. The number of nitrogens with one attached hydrogen (secondary N) is 1. The largest absolute Gasteiger partial charge is 0.326 e. The Morgan fingerprint density at radius 3 is 3.00 bits per heavy atom. The van der Waals surface area contributed by atoms with Crippen LogP contribution < -0.4 is 4.90 Å². The van der Waals surface area contributed by atoms with Crippen molar-refractivity contribution in [3.05, 3.63) is 46.8 Å². The Balaban J connectivity index is 1.50. The molecule has 2 heterocycles. The molecule has 1 aliphatic carbocycles. The number of carbonyl (C=O) groups excluding carboxylic acids is 2. The molecule has 1 atom stereocenters. The third kappa shape index (κ3) is 3.19. The summed E-state index contributed by atoms with van der Waals surface area (Å²) in [4.78, 5) is 28.8. The highest BCUT2D eigenvalue weighted by Crippen LogP contribution is 2.27. The number of piperazine rings is 1. The summed E-state index contributed by atoms with van der Waals surface area (Å²) in [6.45, 7) is 3.05. The van der Waals surface area contributed by atoms with E-state index in [2.05, 4.69) is 23.2 Å². The number of fused-ring (bicyclic) bond motifs is 1. The average molecular weight is 363 g/mol. The summed E-state index contributed by atoms with van der Waals surface area (Å²) in [6, 6.07) is 9.05. The molecule has 1 N–H and O–H groups in total. The van der Waals surface area contributed by atoms with Crippen LogP contribution in [0.4, 0.5) is 5.69 Å². The van der Waals surface area contributed by atoms with E-state index in [0.717, 1.165) is 30.5 Å². The Labute approximate surface area is 157 Å². The predicted octanol–water partition coefficient (Wildman–Crippen LogP) is 1.90. The second-order valence-electron chi connectivity index (χ2n) is 7.31. The Morgan fingerprint density at radius 2 is 2.22 bits per heavy atom. The van der Waals surface area contributed by atoms with Gasteiger partial charge >= 0.3 is 0 Å². The number of nitrogens with zero attached hydrogens (tertiary/aromatic N) is 4. The van der Waals surface area contributed by atoms with Crippen LogP contribution in [0.5, 0.6) is 0 Å². The van der Waals surface area contributed by atoms with Crippen molar-refractivity contribution in [3.8, 4) is 6.07 Å². The van der Waals surface area contributed by atoms with Crippen molar-refractivity contribution in [3.63, 3.8) is 0 Å². The number of benzene rings is 1. The lowest BCUT2D eigenvalue weighted by atomic mass is 9.87. The molecule has 4 rings (SSSR count). The van der Waals surface area contributed by atoms with Gasteiger partial charge in [0.1, 0.15) is 6.54 Å². The summed E-state index contributed by atoms with van der Waals surface area (Å²) in [7, 11) is 0. The molecule has 138 valence electrons. The smallest absolute Gasteiger partial charge is 0.275 e. The number of aromatic amines is 1. The number of hydrogen-bond acceptors (Lipinski definition) is 4. The first kappa shape index (κ1) is 17.3. The molecule has 1 aromatic carbocycles. The molecular weight excluding hydrogens is 342 g/mol. The highest BCUT2D eigenvalue weighted by Gasteiger charge is 2.32. The van der Waals surface area contributed by atoms with Gasteiger partial charge in [-0.2, -0.15) is 10.4 Å². The Bertz CT molecular complexity index is 942. The van der Waals surface area contributed by atoms with Gasteiger partial charge in [-0.05, 0) is 43.4 Å². The highest BCUT2D eigenvalue weighted by molar-refractivity contribution is 6.01. The molecule has 1 aliphatic heterocycles. The minimum atomic E-state index is -0.180. The zero-order valence-corrected chi connectivity index (χ0v) is 15.2. The van der Waals surface area contributed by atoms with Gasteiger partial charge in [0, 0.05) is 30.0 Å². The maximum atomic E-state index is 13.0. The summed E-state index contributed by atoms with van der Waals surface area (Å²) in [6.07, 6.45) is 2.86. The van der Waals surface area contributed by atoms with E-state index < -0.39 is 0 Å². The van der Waals surface area contributed by atoms with Crippen molar-refractivity contribution in [2.75, 3.05) is 24.5 Å². The fourth-order valence-electron chi connectivity index (χ4n) is 3.86. The number of anilines is 1. The standard InChI is InChI=1S/C20H21N5O2/c1-13-5-6-17-16(9-13)19(23-22-17)20(27)24-7-8-25(18(26)12-24)15-4-2-3-14(10-15)11-21/h2-4,10,13H,5-9,12H2,1H3,(H,22,23)/t13-/m0/s1. The van der Waals surface area contributed by atoms with Gasteiger partial charge in [0.05, 0.1) is 11.6 Å². The van der Waals surface area contributed by atoms with Gasteiger partial charge in [-0.3, -0.25) is 14.7 Å². The van der Waals surface area contributed by atoms with Gasteiger partial charge in [0.15, 0.2) is 5.69 Å². The van der Waals surface area contributed by atoms with Gasteiger partial charge < -0.3 is 9.80 Å². The maximum absolute atomic E-state index is 13.0. The molecule has 1 aromatic heterocycles. The zero-order chi connectivity index (χ0) is 19.0. The average Bonchev–Trinajstić information content (AvgIpc) is 3.10. The van der Waals surface area contributed by atoms with Gasteiger partial charge in [-0.25, -0.2) is 0 Å². The Kier molecular flexibility index (Phi) is 4.40. The van der Waals surface area contributed by atoms with Crippen LogP contribution in [0.2, 0.25) is 0 Å². The normalized spacial score (nSPS) is 19.6. The zero-order valence-electron chi connectivity index (χ0n) is 15.2. The van der Waals surface area contributed by atoms with Crippen LogP contribution in [0, 0.1) is 17.2 Å². The monoisotopic (exact) mass is 363 g/mol. The molecule has 27 heavy (non-hydrogen) atoms. The molecule has 7 nitrogen and oxygen atoms in total. The number of rotatable bonds is 2. The van der Waals surface area contributed by atoms with Crippen molar-refractivity contribution in [2.45, 2.75) is 26.2 Å². The summed E-state index contributed by atoms with van der Waals surface area (Å²) in [5.41, 5.74) is 3.72. The maximum Gasteiger partial charge on any atom is 0.275 e. The summed E-state index contributed by atoms with van der Waals surface area (Å²) >= 11 is 0. The molecule has 0 saturated carbocycles. The van der Waals surface area contributed by atoms with E-state index in [9.17, 15) is 9.59 Å². The van der Waals surface area contributed by atoms with Gasteiger partial charge in [-0.15, -0.1) is 0 Å². The Hall–Kier alpha value is -3.14. The van der Waals surface area contributed by atoms with Crippen LogP contribution in [0.3, 0.4) is 0 Å². The first-order chi connectivity index (χ1) is 13.1. The van der Waals surface area contributed by atoms with Crippen LogP contribution in [0.25, 0.3) is 0 Å². The fourth-order valence-corrected chi connectivity index (χ4v) is 3.86. The van der Waals surface area contributed by atoms with E-state index in [1.165, 1.54) is 0 Å². The van der Waals surface area contributed by atoms with Crippen molar-refractivity contribution in [1.82, 2.24) is 15.1 Å². The number of aromatic nitrogens is 2. The topological polar surface area (TPSA) is 93.1 Å².